The topological polar surface area (TPSA) is 38.7 Å². The minimum atomic E-state index is -0.591. The normalized spacial score (nSPS) is 20.7. The van der Waals surface area contributed by atoms with Crippen LogP contribution in [0.25, 0.3) is 0 Å². The lowest BCUT2D eigenvalue weighted by molar-refractivity contribution is -0.154. The van der Waals surface area contributed by atoms with E-state index >= 15 is 0 Å². The van der Waals surface area contributed by atoms with E-state index in [4.69, 9.17) is 9.47 Å². The number of ether oxygens (including phenoxy) is 2. The maximum Gasteiger partial charge on any atom is 0.108 e. The van der Waals surface area contributed by atoms with Gasteiger partial charge in [0, 0.05) is 33.2 Å². The van der Waals surface area contributed by atoms with Gasteiger partial charge in [0.05, 0.1) is 0 Å². The molecule has 3 heteroatoms. The highest BCUT2D eigenvalue weighted by Gasteiger charge is 2.41. The van der Waals surface area contributed by atoms with Crippen LogP contribution in [0, 0.1) is 13.8 Å². The van der Waals surface area contributed by atoms with E-state index in [2.05, 4.69) is 19.9 Å². The zero-order chi connectivity index (χ0) is 13.2. The summed E-state index contributed by atoms with van der Waals surface area (Å²) in [7, 11) is 1.68. The summed E-state index contributed by atoms with van der Waals surface area (Å²) in [5.41, 5.74) is 2.81. The summed E-state index contributed by atoms with van der Waals surface area (Å²) < 4.78 is 11.0. The molecule has 0 amide bonds. The Bertz CT molecular complexity index is 408. The van der Waals surface area contributed by atoms with E-state index in [0.29, 0.717) is 13.2 Å². The Morgan fingerprint density at radius 2 is 1.94 bits per heavy atom. The number of hydrogen-bond acceptors (Lipinski definition) is 3. The fraction of sp³-hybridized carbons (Fsp3) is 0.600. The molecule has 2 rings (SSSR count). The Kier molecular flexibility index (Phi) is 4.05. The van der Waals surface area contributed by atoms with Gasteiger partial charge in [0.15, 0.2) is 0 Å². The van der Waals surface area contributed by atoms with Crippen molar-refractivity contribution in [2.75, 3.05) is 20.3 Å². The first-order valence-electron chi connectivity index (χ1n) is 6.48. The van der Waals surface area contributed by atoms with Gasteiger partial charge in [-0.1, -0.05) is 18.2 Å². The van der Waals surface area contributed by atoms with Gasteiger partial charge in [0.25, 0.3) is 0 Å². The Labute approximate surface area is 109 Å². The van der Waals surface area contributed by atoms with Crippen LogP contribution in [0.2, 0.25) is 0 Å². The molecule has 1 saturated heterocycles. The van der Waals surface area contributed by atoms with Crippen LogP contribution < -0.4 is 0 Å². The lowest BCUT2D eigenvalue weighted by atomic mass is 9.82. The molecule has 100 valence electrons. The van der Waals surface area contributed by atoms with Gasteiger partial charge in [-0.3, -0.25) is 0 Å². The van der Waals surface area contributed by atoms with Crippen LogP contribution in [0.4, 0.5) is 0 Å². The molecule has 1 atom stereocenters. The molecular weight excluding hydrogens is 228 g/mol. The molecule has 1 fully saturated rings. The van der Waals surface area contributed by atoms with E-state index in [1.54, 1.807) is 7.11 Å². The Hall–Kier alpha value is -0.900. The molecule has 3 nitrogen and oxygen atoms in total. The second kappa shape index (κ2) is 5.39. The van der Waals surface area contributed by atoms with Gasteiger partial charge < -0.3 is 14.6 Å². The molecule has 1 heterocycles. The lowest BCUT2D eigenvalue weighted by Crippen LogP contribution is -2.44. The van der Waals surface area contributed by atoms with Crippen LogP contribution in [0.1, 0.15) is 35.6 Å². The first-order chi connectivity index (χ1) is 8.60. The highest BCUT2D eigenvalue weighted by atomic mass is 16.5. The monoisotopic (exact) mass is 250 g/mol. The van der Waals surface area contributed by atoms with Gasteiger partial charge in [-0.15, -0.1) is 0 Å². The van der Waals surface area contributed by atoms with Gasteiger partial charge >= 0.3 is 0 Å². The second-order valence-electron chi connectivity index (χ2n) is 5.07. The summed E-state index contributed by atoms with van der Waals surface area (Å²) in [5.74, 6) is 0. The highest BCUT2D eigenvalue weighted by molar-refractivity contribution is 5.36. The van der Waals surface area contributed by atoms with Gasteiger partial charge in [-0.25, -0.2) is 0 Å². The van der Waals surface area contributed by atoms with Crippen molar-refractivity contribution < 1.29 is 14.6 Å². The van der Waals surface area contributed by atoms with Gasteiger partial charge in [-0.05, 0) is 30.5 Å². The minimum Gasteiger partial charge on any atom is -0.385 e. The van der Waals surface area contributed by atoms with Gasteiger partial charge in [-0.2, -0.15) is 0 Å². The van der Waals surface area contributed by atoms with Gasteiger partial charge in [0.1, 0.15) is 11.7 Å². The molecule has 0 radical (unpaired) electrons. The number of aryl methyl sites for hydroxylation is 1. The molecule has 0 bridgehead atoms. The number of benzene rings is 1. The van der Waals surface area contributed by atoms with E-state index in [9.17, 15) is 5.11 Å². The molecule has 0 spiro atoms. The minimum absolute atomic E-state index is 0.503. The van der Waals surface area contributed by atoms with Crippen molar-refractivity contribution in [3.63, 3.8) is 0 Å². The van der Waals surface area contributed by atoms with Crippen molar-refractivity contribution in [3.8, 4) is 0 Å². The van der Waals surface area contributed by atoms with Crippen LogP contribution in [0.3, 0.4) is 0 Å². The summed E-state index contributed by atoms with van der Waals surface area (Å²) in [4.78, 5) is 0. The molecule has 1 N–H and O–H groups in total. The van der Waals surface area contributed by atoms with Crippen LogP contribution in [0.15, 0.2) is 18.2 Å². The summed E-state index contributed by atoms with van der Waals surface area (Å²) >= 11 is 0. The quantitative estimate of drug-likeness (QED) is 0.896. The summed E-state index contributed by atoms with van der Waals surface area (Å²) in [6.45, 7) is 5.41. The molecule has 1 unspecified atom stereocenters. The van der Waals surface area contributed by atoms with Crippen molar-refractivity contribution in [3.05, 3.63) is 34.9 Å². The van der Waals surface area contributed by atoms with Crippen molar-refractivity contribution in [2.24, 2.45) is 0 Å². The fourth-order valence-corrected chi connectivity index (χ4v) is 2.66. The SMILES string of the molecule is COC1(C(O)c2cccc(C)c2C)CCOCC1. The predicted octanol–water partition coefficient (Wildman–Crippen LogP) is 2.53. The largest absolute Gasteiger partial charge is 0.385 e. The van der Waals surface area contributed by atoms with Crippen LogP contribution in [-0.2, 0) is 9.47 Å². The molecule has 0 aromatic heterocycles. The van der Waals surface area contributed by atoms with Crippen molar-refractivity contribution in [2.45, 2.75) is 38.4 Å². The molecule has 1 aromatic carbocycles. The number of aliphatic hydroxyl groups is 1. The average Bonchev–Trinajstić information content (AvgIpc) is 2.42. The van der Waals surface area contributed by atoms with Crippen molar-refractivity contribution in [1.82, 2.24) is 0 Å². The summed E-state index contributed by atoms with van der Waals surface area (Å²) in [6.07, 6.45) is 0.877. The molecule has 1 aliphatic rings. The lowest BCUT2D eigenvalue weighted by Gasteiger charge is -2.40. The molecule has 0 aliphatic carbocycles. The fourth-order valence-electron chi connectivity index (χ4n) is 2.66. The number of hydrogen-bond donors (Lipinski definition) is 1. The first-order valence-corrected chi connectivity index (χ1v) is 6.48. The third kappa shape index (κ3) is 2.30. The van der Waals surface area contributed by atoms with Gasteiger partial charge in [0.2, 0.25) is 0 Å². The molecular formula is C15H22O3. The van der Waals surface area contributed by atoms with E-state index < -0.39 is 11.7 Å². The van der Waals surface area contributed by atoms with Crippen molar-refractivity contribution >= 4 is 0 Å². The Morgan fingerprint density at radius 3 is 2.56 bits per heavy atom. The number of rotatable bonds is 3. The highest BCUT2D eigenvalue weighted by Crippen LogP contribution is 2.38. The predicted molar refractivity (Wildman–Crippen MR) is 70.7 cm³/mol. The zero-order valence-corrected chi connectivity index (χ0v) is 11.4. The summed E-state index contributed by atoms with van der Waals surface area (Å²) in [5, 5.41) is 10.7. The van der Waals surface area contributed by atoms with Crippen molar-refractivity contribution in [1.29, 1.82) is 0 Å². The number of methoxy groups -OCH3 is 1. The van der Waals surface area contributed by atoms with Crippen LogP contribution >= 0.6 is 0 Å². The van der Waals surface area contributed by atoms with Crippen LogP contribution in [0.5, 0.6) is 0 Å². The zero-order valence-electron chi connectivity index (χ0n) is 11.4. The first kappa shape index (κ1) is 13.5. The van der Waals surface area contributed by atoms with Crippen LogP contribution in [-0.4, -0.2) is 31.0 Å². The maximum atomic E-state index is 10.7. The van der Waals surface area contributed by atoms with E-state index in [0.717, 1.165) is 24.0 Å². The smallest absolute Gasteiger partial charge is 0.108 e. The molecule has 1 aliphatic heterocycles. The molecule has 0 saturated carbocycles. The van der Waals surface area contributed by atoms with E-state index in [-0.39, 0.29) is 0 Å². The molecule has 1 aromatic rings. The van der Waals surface area contributed by atoms with E-state index in [1.807, 2.05) is 12.1 Å². The average molecular weight is 250 g/mol. The standard InChI is InChI=1S/C15H22O3/c1-11-5-4-6-13(12(11)2)14(16)15(17-3)7-9-18-10-8-15/h4-6,14,16H,7-10H2,1-3H3. The third-order valence-electron chi connectivity index (χ3n) is 4.19. The second-order valence-corrected chi connectivity index (χ2v) is 5.07. The molecule has 18 heavy (non-hydrogen) atoms. The Morgan fingerprint density at radius 1 is 1.28 bits per heavy atom. The van der Waals surface area contributed by atoms with E-state index in [1.165, 1.54) is 5.56 Å². The summed E-state index contributed by atoms with van der Waals surface area (Å²) in [6, 6.07) is 6.04. The third-order valence-corrected chi connectivity index (χ3v) is 4.19. The number of aliphatic hydroxyl groups excluding tert-OH is 1. The Balaban J connectivity index is 2.33. The maximum absolute atomic E-state index is 10.7.